The Balaban J connectivity index is 2.52. The third-order valence-corrected chi connectivity index (χ3v) is 3.24. The van der Waals surface area contributed by atoms with E-state index in [1.165, 1.54) is 17.9 Å². The van der Waals surface area contributed by atoms with Crippen LogP contribution in [0.5, 0.6) is 0 Å². The van der Waals surface area contributed by atoms with Gasteiger partial charge in [0.2, 0.25) is 5.91 Å². The second-order valence-electron chi connectivity index (χ2n) is 4.63. The van der Waals surface area contributed by atoms with Crippen LogP contribution < -0.4 is 4.90 Å². The van der Waals surface area contributed by atoms with Crippen molar-refractivity contribution >= 4 is 17.6 Å². The van der Waals surface area contributed by atoms with Crippen LogP contribution in [-0.4, -0.2) is 28.3 Å². The molecule has 2 N–H and O–H groups in total. The smallest absolute Gasteiger partial charge is 0.335 e. The minimum Gasteiger partial charge on any atom is -0.478 e. The molecule has 2 atom stereocenters. The molecule has 0 bridgehead atoms. The molecule has 5 nitrogen and oxygen atoms in total. The minimum atomic E-state index is -0.994. The number of aliphatic hydroxyl groups is 1. The fourth-order valence-electron chi connectivity index (χ4n) is 2.32. The normalized spacial score (nSPS) is 22.5. The van der Waals surface area contributed by atoms with Gasteiger partial charge in [0.05, 0.1) is 5.56 Å². The Morgan fingerprint density at radius 3 is 2.61 bits per heavy atom. The number of benzene rings is 1. The number of aliphatic hydroxyl groups excluding tert-OH is 1. The lowest BCUT2D eigenvalue weighted by atomic mass is 9.91. The van der Waals surface area contributed by atoms with Crippen LogP contribution in [-0.2, 0) is 11.2 Å². The number of fused-ring (bicyclic) bond motifs is 1. The lowest BCUT2D eigenvalue weighted by Crippen LogP contribution is -2.47. The highest BCUT2D eigenvalue weighted by molar-refractivity contribution is 5.95. The largest absolute Gasteiger partial charge is 0.478 e. The predicted octanol–water partition coefficient (Wildman–Crippen LogP) is 1.25. The molecule has 0 aromatic heterocycles. The highest BCUT2D eigenvalue weighted by Crippen LogP contribution is 2.33. The molecule has 0 unspecified atom stereocenters. The molecule has 1 aliphatic heterocycles. The van der Waals surface area contributed by atoms with Crippen LogP contribution in [0.25, 0.3) is 0 Å². The number of carboxylic acid groups (broad SMARTS) is 1. The number of rotatable bonds is 1. The topological polar surface area (TPSA) is 77.8 Å². The number of hydrogen-bond donors (Lipinski definition) is 2. The zero-order valence-electron chi connectivity index (χ0n) is 10.3. The molecule has 0 spiro atoms. The van der Waals surface area contributed by atoms with Crippen molar-refractivity contribution in [1.82, 2.24) is 0 Å². The maximum atomic E-state index is 11.6. The standard InChI is InChI=1S/C13H15NO4/c1-7-5-10-6-9(13(17)18)3-4-11(10)14(8(2)15)12(7)16/h3-4,6-7,12,16H,5H2,1-2H3,(H,17,18)/t7-,12+/m1/s1. The molecule has 0 saturated heterocycles. The lowest BCUT2D eigenvalue weighted by molar-refractivity contribution is -0.119. The van der Waals surface area contributed by atoms with Crippen LogP contribution in [0.4, 0.5) is 5.69 Å². The van der Waals surface area contributed by atoms with Crippen LogP contribution in [0.1, 0.15) is 29.8 Å². The van der Waals surface area contributed by atoms with Crippen LogP contribution >= 0.6 is 0 Å². The van der Waals surface area contributed by atoms with Crippen molar-refractivity contribution in [3.8, 4) is 0 Å². The Kier molecular flexibility index (Phi) is 3.09. The summed E-state index contributed by atoms with van der Waals surface area (Å²) < 4.78 is 0. The van der Waals surface area contributed by atoms with Crippen molar-refractivity contribution in [3.63, 3.8) is 0 Å². The molecule has 1 heterocycles. The van der Waals surface area contributed by atoms with Gasteiger partial charge in [0.1, 0.15) is 6.23 Å². The molecular formula is C13H15NO4. The summed E-state index contributed by atoms with van der Waals surface area (Å²) in [6.45, 7) is 3.22. The van der Waals surface area contributed by atoms with Gasteiger partial charge in [-0.2, -0.15) is 0 Å². The number of carbonyl (C=O) groups excluding carboxylic acids is 1. The first-order valence-electron chi connectivity index (χ1n) is 5.76. The Bertz CT molecular complexity index is 512. The number of carbonyl (C=O) groups is 2. The quantitative estimate of drug-likeness (QED) is 0.785. The Morgan fingerprint density at radius 1 is 1.39 bits per heavy atom. The van der Waals surface area contributed by atoms with Gasteiger partial charge < -0.3 is 10.2 Å². The fourth-order valence-corrected chi connectivity index (χ4v) is 2.32. The number of anilines is 1. The number of amides is 1. The molecule has 96 valence electrons. The van der Waals surface area contributed by atoms with E-state index in [0.717, 1.165) is 5.56 Å². The molecular weight excluding hydrogens is 234 g/mol. The van der Waals surface area contributed by atoms with E-state index in [-0.39, 0.29) is 17.4 Å². The van der Waals surface area contributed by atoms with Crippen molar-refractivity contribution in [2.24, 2.45) is 5.92 Å². The summed E-state index contributed by atoms with van der Waals surface area (Å²) in [5, 5.41) is 19.0. The summed E-state index contributed by atoms with van der Waals surface area (Å²) >= 11 is 0. The van der Waals surface area contributed by atoms with E-state index in [4.69, 9.17) is 5.11 Å². The van der Waals surface area contributed by atoms with Crippen molar-refractivity contribution in [3.05, 3.63) is 29.3 Å². The Morgan fingerprint density at radius 2 is 2.06 bits per heavy atom. The van der Waals surface area contributed by atoms with Gasteiger partial charge in [-0.15, -0.1) is 0 Å². The van der Waals surface area contributed by atoms with Crippen LogP contribution in [0.15, 0.2) is 18.2 Å². The van der Waals surface area contributed by atoms with Gasteiger partial charge in [0.25, 0.3) is 0 Å². The summed E-state index contributed by atoms with van der Waals surface area (Å²) in [5.74, 6) is -1.37. The highest BCUT2D eigenvalue weighted by atomic mass is 16.4. The SMILES string of the molecule is CC(=O)N1c2ccc(C(=O)O)cc2C[C@@H](C)[C@@H]1O. The van der Waals surface area contributed by atoms with Gasteiger partial charge in [-0.1, -0.05) is 6.92 Å². The maximum absolute atomic E-state index is 11.6. The zero-order chi connectivity index (χ0) is 13.4. The molecule has 2 rings (SSSR count). The van der Waals surface area contributed by atoms with E-state index in [2.05, 4.69) is 0 Å². The third kappa shape index (κ3) is 1.97. The fraction of sp³-hybridized carbons (Fsp3) is 0.385. The summed E-state index contributed by atoms with van der Waals surface area (Å²) in [4.78, 5) is 23.8. The van der Waals surface area contributed by atoms with Gasteiger partial charge in [0.15, 0.2) is 0 Å². The summed E-state index contributed by atoms with van der Waals surface area (Å²) in [6, 6.07) is 4.59. The monoisotopic (exact) mass is 249 g/mol. The molecule has 1 aliphatic rings. The molecule has 0 aliphatic carbocycles. The summed E-state index contributed by atoms with van der Waals surface area (Å²) in [7, 11) is 0. The average molecular weight is 249 g/mol. The summed E-state index contributed by atoms with van der Waals surface area (Å²) in [6.07, 6.45) is -0.299. The second-order valence-corrected chi connectivity index (χ2v) is 4.63. The van der Waals surface area contributed by atoms with E-state index in [0.29, 0.717) is 12.1 Å². The first-order chi connectivity index (χ1) is 8.41. The van der Waals surface area contributed by atoms with Gasteiger partial charge in [-0.25, -0.2) is 4.79 Å². The van der Waals surface area contributed by atoms with Gasteiger partial charge >= 0.3 is 5.97 Å². The second kappa shape index (κ2) is 4.42. The molecule has 18 heavy (non-hydrogen) atoms. The highest BCUT2D eigenvalue weighted by Gasteiger charge is 2.32. The Labute approximate surface area is 105 Å². The first kappa shape index (κ1) is 12.6. The summed E-state index contributed by atoms with van der Waals surface area (Å²) in [5.41, 5.74) is 1.57. The lowest BCUT2D eigenvalue weighted by Gasteiger charge is -2.37. The van der Waals surface area contributed by atoms with Crippen LogP contribution in [0, 0.1) is 5.92 Å². The molecule has 0 saturated carbocycles. The number of carboxylic acids is 1. The first-order valence-corrected chi connectivity index (χ1v) is 5.76. The van der Waals surface area contributed by atoms with Crippen molar-refractivity contribution < 1.29 is 19.8 Å². The number of aromatic carboxylic acids is 1. The Hall–Kier alpha value is -1.88. The molecule has 1 aromatic rings. The number of hydrogen-bond acceptors (Lipinski definition) is 3. The van der Waals surface area contributed by atoms with Gasteiger partial charge in [-0.3, -0.25) is 9.69 Å². The van der Waals surface area contributed by atoms with E-state index in [1.54, 1.807) is 12.1 Å². The molecule has 0 fully saturated rings. The zero-order valence-corrected chi connectivity index (χ0v) is 10.3. The van der Waals surface area contributed by atoms with E-state index in [9.17, 15) is 14.7 Å². The van der Waals surface area contributed by atoms with Crippen LogP contribution in [0.2, 0.25) is 0 Å². The van der Waals surface area contributed by atoms with Crippen molar-refractivity contribution in [1.29, 1.82) is 0 Å². The van der Waals surface area contributed by atoms with E-state index in [1.807, 2.05) is 6.92 Å². The predicted molar refractivity (Wildman–Crippen MR) is 65.4 cm³/mol. The minimum absolute atomic E-state index is 0.120. The van der Waals surface area contributed by atoms with E-state index < -0.39 is 12.2 Å². The van der Waals surface area contributed by atoms with Crippen molar-refractivity contribution in [2.75, 3.05) is 4.90 Å². The van der Waals surface area contributed by atoms with Crippen molar-refractivity contribution in [2.45, 2.75) is 26.5 Å². The maximum Gasteiger partial charge on any atom is 0.335 e. The molecule has 1 amide bonds. The van der Waals surface area contributed by atoms with Gasteiger partial charge in [0, 0.05) is 18.5 Å². The van der Waals surface area contributed by atoms with E-state index >= 15 is 0 Å². The van der Waals surface area contributed by atoms with Gasteiger partial charge in [-0.05, 0) is 30.2 Å². The average Bonchev–Trinajstić information content (AvgIpc) is 2.29. The molecule has 1 aromatic carbocycles. The number of nitrogens with zero attached hydrogens (tertiary/aromatic N) is 1. The molecule has 0 radical (unpaired) electrons. The molecule has 5 heteroatoms. The third-order valence-electron chi connectivity index (χ3n) is 3.24. The van der Waals surface area contributed by atoms with Crippen LogP contribution in [0.3, 0.4) is 0 Å².